The molecule has 1 heterocycles. The van der Waals surface area contributed by atoms with Crippen LogP contribution >= 0.6 is 0 Å². The average molecular weight is 255 g/mol. The zero-order valence-electron chi connectivity index (χ0n) is 10.6. The number of anilines is 2. The Hall–Kier alpha value is -2.16. The number of ether oxygens (including phenoxy) is 1. The molecule has 1 amide bonds. The predicted octanol–water partition coefficient (Wildman–Crippen LogP) is -1.26. The van der Waals surface area contributed by atoms with Crippen molar-refractivity contribution < 1.29 is 9.53 Å². The quantitative estimate of drug-likeness (QED) is 0.425. The summed E-state index contributed by atoms with van der Waals surface area (Å²) in [5.74, 6) is 5.57. The Kier molecular flexibility index (Phi) is 5.06. The summed E-state index contributed by atoms with van der Waals surface area (Å²) in [7, 11) is 3.24. The van der Waals surface area contributed by atoms with Crippen LogP contribution in [0.2, 0.25) is 0 Å². The van der Waals surface area contributed by atoms with Crippen LogP contribution in [0.25, 0.3) is 0 Å². The van der Waals surface area contributed by atoms with Gasteiger partial charge in [-0.2, -0.15) is 15.0 Å². The Morgan fingerprint density at radius 1 is 1.44 bits per heavy atom. The first-order valence-electron chi connectivity index (χ1n) is 5.37. The van der Waals surface area contributed by atoms with E-state index >= 15 is 0 Å². The summed E-state index contributed by atoms with van der Waals surface area (Å²) in [5.41, 5.74) is 2.32. The van der Waals surface area contributed by atoms with Crippen molar-refractivity contribution in [2.24, 2.45) is 5.84 Å². The van der Waals surface area contributed by atoms with Crippen molar-refractivity contribution in [1.29, 1.82) is 0 Å². The molecule has 4 N–H and O–H groups in total. The van der Waals surface area contributed by atoms with Gasteiger partial charge in [0.25, 0.3) is 0 Å². The highest BCUT2D eigenvalue weighted by atomic mass is 16.5. The summed E-state index contributed by atoms with van der Waals surface area (Å²) in [5, 5.41) is 2.51. The van der Waals surface area contributed by atoms with Gasteiger partial charge in [-0.25, -0.2) is 5.84 Å². The van der Waals surface area contributed by atoms with Gasteiger partial charge < -0.3 is 15.0 Å². The van der Waals surface area contributed by atoms with Crippen LogP contribution in [0.15, 0.2) is 0 Å². The molecule has 0 aromatic carbocycles. The van der Waals surface area contributed by atoms with Crippen LogP contribution in [-0.4, -0.2) is 48.1 Å². The highest BCUT2D eigenvalue weighted by Crippen LogP contribution is 2.13. The second-order valence-corrected chi connectivity index (χ2v) is 3.35. The van der Waals surface area contributed by atoms with Crippen molar-refractivity contribution in [3.63, 3.8) is 0 Å². The molecule has 0 bridgehead atoms. The maximum absolute atomic E-state index is 11.3. The fraction of sp³-hybridized carbons (Fsp3) is 0.556. The first-order valence-corrected chi connectivity index (χ1v) is 5.37. The molecule has 100 valence electrons. The SMILES string of the molecule is CCOc1nc(NN)nc(N(C)CC(=O)NC)n1. The molecule has 0 aliphatic carbocycles. The number of rotatable bonds is 6. The lowest BCUT2D eigenvalue weighted by Gasteiger charge is -2.16. The molecule has 18 heavy (non-hydrogen) atoms. The van der Waals surface area contributed by atoms with E-state index in [-0.39, 0.29) is 24.4 Å². The van der Waals surface area contributed by atoms with E-state index in [0.717, 1.165) is 0 Å². The number of hydrogen-bond acceptors (Lipinski definition) is 8. The number of hydrogen-bond donors (Lipinski definition) is 3. The molecule has 1 aromatic heterocycles. The largest absolute Gasteiger partial charge is 0.464 e. The van der Waals surface area contributed by atoms with E-state index in [1.165, 1.54) is 0 Å². The van der Waals surface area contributed by atoms with E-state index in [9.17, 15) is 4.79 Å². The van der Waals surface area contributed by atoms with Crippen molar-refractivity contribution in [3.05, 3.63) is 0 Å². The van der Waals surface area contributed by atoms with E-state index < -0.39 is 0 Å². The Morgan fingerprint density at radius 3 is 2.72 bits per heavy atom. The van der Waals surface area contributed by atoms with Crippen LogP contribution in [0.3, 0.4) is 0 Å². The zero-order valence-corrected chi connectivity index (χ0v) is 10.6. The summed E-state index contributed by atoms with van der Waals surface area (Å²) in [4.78, 5) is 24.8. The Labute approximate surface area is 105 Å². The Balaban J connectivity index is 2.92. The highest BCUT2D eigenvalue weighted by Gasteiger charge is 2.12. The summed E-state index contributed by atoms with van der Waals surface area (Å²) < 4.78 is 5.19. The number of hydrazine groups is 1. The molecule has 0 aliphatic rings. The minimum Gasteiger partial charge on any atom is -0.464 e. The van der Waals surface area contributed by atoms with E-state index in [2.05, 4.69) is 25.7 Å². The van der Waals surface area contributed by atoms with Crippen molar-refractivity contribution >= 4 is 17.8 Å². The van der Waals surface area contributed by atoms with Crippen molar-refractivity contribution in [3.8, 4) is 6.01 Å². The van der Waals surface area contributed by atoms with Gasteiger partial charge in [-0.3, -0.25) is 10.2 Å². The third-order valence-corrected chi connectivity index (χ3v) is 2.01. The predicted molar refractivity (Wildman–Crippen MR) is 66.1 cm³/mol. The number of aromatic nitrogens is 3. The summed E-state index contributed by atoms with van der Waals surface area (Å²) in [6.07, 6.45) is 0. The van der Waals surface area contributed by atoms with E-state index in [4.69, 9.17) is 10.6 Å². The molecular formula is C9H17N7O2. The Bertz CT molecular complexity index is 412. The molecule has 1 aromatic rings. The normalized spacial score (nSPS) is 9.78. The highest BCUT2D eigenvalue weighted by molar-refractivity contribution is 5.80. The first-order chi connectivity index (χ1) is 8.60. The van der Waals surface area contributed by atoms with Gasteiger partial charge in [0.05, 0.1) is 13.2 Å². The van der Waals surface area contributed by atoms with Gasteiger partial charge in [-0.1, -0.05) is 0 Å². The number of nitrogen functional groups attached to an aromatic ring is 1. The van der Waals surface area contributed by atoms with Gasteiger partial charge in [0.2, 0.25) is 17.8 Å². The second-order valence-electron chi connectivity index (χ2n) is 3.35. The molecule has 0 saturated heterocycles. The zero-order chi connectivity index (χ0) is 13.5. The van der Waals surface area contributed by atoms with Crippen LogP contribution in [-0.2, 0) is 4.79 Å². The van der Waals surface area contributed by atoms with Gasteiger partial charge in [0.1, 0.15) is 0 Å². The number of nitrogens with zero attached hydrogens (tertiary/aromatic N) is 4. The molecular weight excluding hydrogens is 238 g/mol. The summed E-state index contributed by atoms with van der Waals surface area (Å²) in [6.45, 7) is 2.36. The molecule has 9 nitrogen and oxygen atoms in total. The lowest BCUT2D eigenvalue weighted by Crippen LogP contribution is -2.34. The average Bonchev–Trinajstić information content (AvgIpc) is 2.38. The number of carbonyl (C=O) groups is 1. The molecule has 0 atom stereocenters. The maximum Gasteiger partial charge on any atom is 0.323 e. The molecule has 9 heteroatoms. The fourth-order valence-electron chi connectivity index (χ4n) is 1.14. The van der Waals surface area contributed by atoms with Crippen molar-refractivity contribution in [1.82, 2.24) is 20.3 Å². The Morgan fingerprint density at radius 2 is 2.17 bits per heavy atom. The van der Waals surface area contributed by atoms with Crippen LogP contribution in [0.1, 0.15) is 6.92 Å². The molecule has 0 unspecified atom stereocenters. The van der Waals surface area contributed by atoms with E-state index in [0.29, 0.717) is 12.6 Å². The van der Waals surface area contributed by atoms with Crippen LogP contribution in [0.4, 0.5) is 11.9 Å². The number of nitrogens with one attached hydrogen (secondary N) is 2. The first kappa shape index (κ1) is 13.9. The summed E-state index contributed by atoms with van der Waals surface area (Å²) in [6, 6.07) is 0.152. The topological polar surface area (TPSA) is 118 Å². The van der Waals surface area contributed by atoms with Crippen LogP contribution in [0.5, 0.6) is 6.01 Å². The van der Waals surface area contributed by atoms with Crippen molar-refractivity contribution in [2.75, 3.05) is 37.6 Å². The van der Waals surface area contributed by atoms with Crippen LogP contribution in [0, 0.1) is 0 Å². The second kappa shape index (κ2) is 6.55. The number of nitrogens with two attached hydrogens (primary N) is 1. The van der Waals surface area contributed by atoms with Gasteiger partial charge in [-0.15, -0.1) is 0 Å². The van der Waals surface area contributed by atoms with Crippen molar-refractivity contribution in [2.45, 2.75) is 6.92 Å². The smallest absolute Gasteiger partial charge is 0.323 e. The van der Waals surface area contributed by atoms with Gasteiger partial charge in [0, 0.05) is 14.1 Å². The van der Waals surface area contributed by atoms with Gasteiger partial charge in [0.15, 0.2) is 0 Å². The standard InChI is InChI=1S/C9H17N7O2/c1-4-18-9-13-7(15-10)12-8(14-9)16(3)5-6(17)11-2/h4-5,10H2,1-3H3,(H,11,17)(H,12,13,14,15). The van der Waals surface area contributed by atoms with Gasteiger partial charge >= 0.3 is 6.01 Å². The molecule has 0 fully saturated rings. The third kappa shape index (κ3) is 3.70. The monoisotopic (exact) mass is 255 g/mol. The minimum atomic E-state index is -0.155. The lowest BCUT2D eigenvalue weighted by molar-refractivity contribution is -0.119. The van der Waals surface area contributed by atoms with Gasteiger partial charge in [-0.05, 0) is 6.92 Å². The minimum absolute atomic E-state index is 0.121. The number of amides is 1. The molecule has 1 rings (SSSR count). The van der Waals surface area contributed by atoms with Crippen LogP contribution < -0.4 is 26.2 Å². The third-order valence-electron chi connectivity index (χ3n) is 2.01. The maximum atomic E-state index is 11.3. The fourth-order valence-corrected chi connectivity index (χ4v) is 1.14. The molecule has 0 spiro atoms. The molecule has 0 radical (unpaired) electrons. The molecule has 0 aliphatic heterocycles. The lowest BCUT2D eigenvalue weighted by atomic mass is 10.5. The van der Waals surface area contributed by atoms with E-state index in [1.54, 1.807) is 19.0 Å². The molecule has 0 saturated carbocycles. The number of likely N-dealkylation sites (N-methyl/N-ethyl adjacent to an activating group) is 2. The number of carbonyl (C=O) groups excluding carboxylic acids is 1. The summed E-state index contributed by atoms with van der Waals surface area (Å²) >= 11 is 0. The van der Waals surface area contributed by atoms with E-state index in [1.807, 2.05) is 6.92 Å².